The van der Waals surface area contributed by atoms with E-state index in [0.717, 1.165) is 11.3 Å². The van der Waals surface area contributed by atoms with Crippen molar-refractivity contribution in [1.82, 2.24) is 0 Å². The van der Waals surface area contributed by atoms with Gasteiger partial charge in [0.2, 0.25) is 0 Å². The predicted molar refractivity (Wildman–Crippen MR) is 57.8 cm³/mol. The van der Waals surface area contributed by atoms with E-state index in [4.69, 9.17) is 0 Å². The topological polar surface area (TPSA) is 0 Å². The molecule has 4 aliphatic carbocycles. The zero-order chi connectivity index (χ0) is 9.72. The second-order valence-electron chi connectivity index (χ2n) is 7.66. The summed E-state index contributed by atoms with van der Waals surface area (Å²) >= 11 is 0. The number of rotatable bonds is 0. The van der Waals surface area contributed by atoms with Crippen LogP contribution in [-0.2, 0) is 0 Å². The highest BCUT2D eigenvalue weighted by molar-refractivity contribution is 5.22. The molecule has 4 aliphatic rings. The molecule has 0 aromatic rings. The fraction of sp³-hybridized carbons (Fsp3) is 1.00. The van der Waals surface area contributed by atoms with Crippen molar-refractivity contribution in [3.05, 3.63) is 0 Å². The molecule has 4 saturated carbocycles. The monoisotopic (exact) mass is 190 g/mol. The third kappa shape index (κ3) is 0.717. The van der Waals surface area contributed by atoms with Crippen molar-refractivity contribution >= 4 is 0 Å². The maximum Gasteiger partial charge on any atom is -0.0210 e. The van der Waals surface area contributed by atoms with Crippen molar-refractivity contribution in [3.8, 4) is 0 Å². The molecule has 0 N–H and O–H groups in total. The maximum absolute atomic E-state index is 2.51. The van der Waals surface area contributed by atoms with Crippen molar-refractivity contribution in [2.75, 3.05) is 0 Å². The summed E-state index contributed by atoms with van der Waals surface area (Å²) in [6.07, 6.45) is 6.40. The van der Waals surface area contributed by atoms with Gasteiger partial charge in [0, 0.05) is 0 Å². The lowest BCUT2D eigenvalue weighted by molar-refractivity contribution is 0.0263. The van der Waals surface area contributed by atoms with E-state index >= 15 is 0 Å². The molecule has 4 fully saturated rings. The molecule has 0 heteroatoms. The minimum atomic E-state index is 0.582. The van der Waals surface area contributed by atoms with Crippen molar-refractivity contribution in [3.63, 3.8) is 0 Å². The molecular weight excluding hydrogens is 168 g/mol. The van der Waals surface area contributed by atoms with Gasteiger partial charge in [-0.25, -0.2) is 0 Å². The van der Waals surface area contributed by atoms with Crippen LogP contribution in [0.4, 0.5) is 0 Å². The molecule has 78 valence electrons. The standard InChI is InChI=1S/C14H22/c1-13(2,3)14-6-8-4-10(8)12(14)11-5-9(11)7-14/h8-12H,4-7H2,1-3H3/t8-,9?,10-,11?,12?,14?/m0/s1. The second kappa shape index (κ2) is 1.95. The van der Waals surface area contributed by atoms with Crippen molar-refractivity contribution in [2.45, 2.75) is 46.5 Å². The average molecular weight is 190 g/mol. The molecule has 0 amide bonds. The highest BCUT2D eigenvalue weighted by Gasteiger charge is 2.74. The van der Waals surface area contributed by atoms with Gasteiger partial charge in [0.25, 0.3) is 0 Å². The first kappa shape index (κ1) is 8.19. The Bertz CT molecular complexity index is 276. The Balaban J connectivity index is 1.79. The van der Waals surface area contributed by atoms with Gasteiger partial charge in [-0.1, -0.05) is 20.8 Å². The zero-order valence-electron chi connectivity index (χ0n) is 9.72. The maximum atomic E-state index is 2.51. The van der Waals surface area contributed by atoms with Crippen LogP contribution in [0, 0.1) is 40.4 Å². The van der Waals surface area contributed by atoms with Crippen LogP contribution in [0.25, 0.3) is 0 Å². The van der Waals surface area contributed by atoms with Crippen LogP contribution >= 0.6 is 0 Å². The molecule has 0 nitrogen and oxygen atoms in total. The summed E-state index contributed by atoms with van der Waals surface area (Å²) in [6.45, 7) is 7.53. The summed E-state index contributed by atoms with van der Waals surface area (Å²) in [5.41, 5.74) is 1.37. The van der Waals surface area contributed by atoms with E-state index in [1.165, 1.54) is 23.7 Å². The van der Waals surface area contributed by atoms with E-state index in [1.807, 2.05) is 0 Å². The van der Waals surface area contributed by atoms with Gasteiger partial charge in [-0.15, -0.1) is 0 Å². The molecule has 0 heterocycles. The Labute approximate surface area is 87.5 Å². The van der Waals surface area contributed by atoms with Gasteiger partial charge < -0.3 is 0 Å². The first-order valence-corrected chi connectivity index (χ1v) is 6.53. The lowest BCUT2D eigenvalue weighted by atomic mass is 9.59. The van der Waals surface area contributed by atoms with E-state index in [2.05, 4.69) is 20.8 Å². The van der Waals surface area contributed by atoms with Crippen molar-refractivity contribution in [1.29, 1.82) is 0 Å². The van der Waals surface area contributed by atoms with Gasteiger partial charge in [-0.05, 0) is 66.1 Å². The summed E-state index contributed by atoms with van der Waals surface area (Å²) in [6, 6.07) is 0. The molecule has 0 radical (unpaired) electrons. The largest absolute Gasteiger partial charge is 0.0596 e. The highest BCUT2D eigenvalue weighted by Crippen LogP contribution is 2.81. The van der Waals surface area contributed by atoms with Gasteiger partial charge >= 0.3 is 0 Å². The highest BCUT2D eigenvalue weighted by atomic mass is 14.8. The minimum absolute atomic E-state index is 0.582. The van der Waals surface area contributed by atoms with E-state index in [1.54, 1.807) is 25.7 Å². The Morgan fingerprint density at radius 2 is 1.43 bits per heavy atom. The Morgan fingerprint density at radius 1 is 0.929 bits per heavy atom. The van der Waals surface area contributed by atoms with Crippen LogP contribution in [0.5, 0.6) is 0 Å². The quantitative estimate of drug-likeness (QED) is 0.546. The van der Waals surface area contributed by atoms with Gasteiger partial charge in [0.05, 0.1) is 0 Å². The fourth-order valence-corrected chi connectivity index (χ4v) is 5.43. The zero-order valence-corrected chi connectivity index (χ0v) is 9.72. The van der Waals surface area contributed by atoms with Crippen LogP contribution in [0.1, 0.15) is 46.5 Å². The smallest absolute Gasteiger partial charge is 0.0210 e. The molecule has 6 atom stereocenters. The van der Waals surface area contributed by atoms with Gasteiger partial charge in [-0.2, -0.15) is 0 Å². The first-order chi connectivity index (χ1) is 6.53. The minimum Gasteiger partial charge on any atom is -0.0596 e. The van der Waals surface area contributed by atoms with E-state index in [0.29, 0.717) is 5.41 Å². The van der Waals surface area contributed by atoms with Gasteiger partial charge in [-0.3, -0.25) is 0 Å². The molecule has 0 spiro atoms. The fourth-order valence-electron chi connectivity index (χ4n) is 5.43. The molecule has 4 unspecified atom stereocenters. The lowest BCUT2D eigenvalue weighted by Gasteiger charge is -2.46. The SMILES string of the molecule is CC(C)(C)C12CC3CC3C1[C@H]1C[C@H]1C2. The van der Waals surface area contributed by atoms with E-state index in [-0.39, 0.29) is 0 Å². The molecule has 0 bridgehead atoms. The summed E-state index contributed by atoms with van der Waals surface area (Å²) in [5, 5.41) is 0. The van der Waals surface area contributed by atoms with Crippen molar-refractivity contribution in [2.24, 2.45) is 40.4 Å². The molecule has 0 saturated heterocycles. The molecule has 0 aromatic heterocycles. The summed E-state index contributed by atoms with van der Waals surface area (Å²) in [7, 11) is 0. The van der Waals surface area contributed by atoms with E-state index in [9.17, 15) is 0 Å². The van der Waals surface area contributed by atoms with Gasteiger partial charge in [0.1, 0.15) is 0 Å². The predicted octanol–water partition coefficient (Wildman–Crippen LogP) is 3.71. The Hall–Kier alpha value is 0. The van der Waals surface area contributed by atoms with Crippen molar-refractivity contribution < 1.29 is 0 Å². The average Bonchev–Trinajstić information content (AvgIpc) is 2.92. The molecule has 0 aromatic carbocycles. The van der Waals surface area contributed by atoms with Gasteiger partial charge in [0.15, 0.2) is 0 Å². The third-order valence-electron chi connectivity index (χ3n) is 6.26. The Kier molecular flexibility index (Phi) is 1.14. The summed E-state index contributed by atoms with van der Waals surface area (Å²) < 4.78 is 0. The van der Waals surface area contributed by atoms with Crippen LogP contribution < -0.4 is 0 Å². The molecule has 14 heavy (non-hydrogen) atoms. The van der Waals surface area contributed by atoms with Crippen LogP contribution in [0.3, 0.4) is 0 Å². The summed E-state index contributed by atoms with van der Waals surface area (Å²) in [4.78, 5) is 0. The molecule has 0 aliphatic heterocycles. The summed E-state index contributed by atoms with van der Waals surface area (Å²) in [5.74, 6) is 5.87. The van der Waals surface area contributed by atoms with Crippen LogP contribution in [-0.4, -0.2) is 0 Å². The van der Waals surface area contributed by atoms with Crippen LogP contribution in [0.2, 0.25) is 0 Å². The third-order valence-corrected chi connectivity index (χ3v) is 6.26. The Morgan fingerprint density at radius 3 is 1.79 bits per heavy atom. The van der Waals surface area contributed by atoms with E-state index < -0.39 is 0 Å². The molecular formula is C14H22. The number of hydrogen-bond acceptors (Lipinski definition) is 0. The first-order valence-electron chi connectivity index (χ1n) is 6.53. The van der Waals surface area contributed by atoms with Crippen LogP contribution in [0.15, 0.2) is 0 Å². The lowest BCUT2D eigenvalue weighted by Crippen LogP contribution is -2.39. The normalized spacial score (nSPS) is 63.2. The number of hydrogen-bond donors (Lipinski definition) is 0. The molecule has 4 rings (SSSR count). The second-order valence-corrected chi connectivity index (χ2v) is 7.66. The number of fused-ring (bicyclic) bond motifs is 5.